The van der Waals surface area contributed by atoms with E-state index in [2.05, 4.69) is 25.3 Å². The lowest BCUT2D eigenvalue weighted by Crippen LogP contribution is -2.57. The fraction of sp³-hybridized carbons (Fsp3) is 0.528. The number of ether oxygens (including phenoxy) is 2. The van der Waals surface area contributed by atoms with Gasteiger partial charge in [-0.2, -0.15) is 0 Å². The summed E-state index contributed by atoms with van der Waals surface area (Å²) >= 11 is 1.38. The van der Waals surface area contributed by atoms with Gasteiger partial charge < -0.3 is 20.1 Å². The Kier molecular flexibility index (Phi) is 10.4. The van der Waals surface area contributed by atoms with Crippen LogP contribution in [0.2, 0.25) is 0 Å². The Bertz CT molecular complexity index is 1980. The zero-order chi connectivity index (χ0) is 36.6. The molecule has 1 aromatic carbocycles. The summed E-state index contributed by atoms with van der Waals surface area (Å²) in [6.07, 6.45) is 8.18. The summed E-state index contributed by atoms with van der Waals surface area (Å²) in [6, 6.07) is 3.68. The molecule has 0 spiro atoms. The Morgan fingerprint density at radius 1 is 1.16 bits per heavy atom. The fourth-order valence-electron chi connectivity index (χ4n) is 6.14. The van der Waals surface area contributed by atoms with Gasteiger partial charge in [-0.05, 0) is 63.5 Å². The van der Waals surface area contributed by atoms with Crippen LogP contribution in [0.4, 0.5) is 4.39 Å². The molecule has 6 rings (SSSR count). The van der Waals surface area contributed by atoms with Crippen molar-refractivity contribution in [1.29, 1.82) is 0 Å². The van der Waals surface area contributed by atoms with E-state index in [-0.39, 0.29) is 49.0 Å². The molecule has 2 fully saturated rings. The number of halogens is 1. The summed E-state index contributed by atoms with van der Waals surface area (Å²) < 4.78 is 54.1. The molecule has 0 unspecified atom stereocenters. The first kappa shape index (κ1) is 36.7. The van der Waals surface area contributed by atoms with E-state index in [4.69, 9.17) is 9.47 Å². The molecule has 3 N–H and O–H groups in total. The van der Waals surface area contributed by atoms with Crippen molar-refractivity contribution in [3.8, 4) is 22.2 Å². The second-order valence-electron chi connectivity index (χ2n) is 14.2. The van der Waals surface area contributed by atoms with Crippen LogP contribution in [-0.4, -0.2) is 66.2 Å². The predicted molar refractivity (Wildman–Crippen MR) is 191 cm³/mol. The van der Waals surface area contributed by atoms with E-state index in [1.165, 1.54) is 24.5 Å². The number of amides is 3. The lowest BCUT2D eigenvalue weighted by molar-refractivity contribution is -0.132. The maximum absolute atomic E-state index is 15.5. The molecule has 274 valence electrons. The highest BCUT2D eigenvalue weighted by atomic mass is 32.2. The predicted octanol–water partition coefficient (Wildman–Crippen LogP) is 5.28. The van der Waals surface area contributed by atoms with E-state index in [9.17, 15) is 22.8 Å². The Labute approximate surface area is 301 Å². The van der Waals surface area contributed by atoms with E-state index < -0.39 is 49.9 Å². The van der Waals surface area contributed by atoms with Crippen molar-refractivity contribution in [3.05, 3.63) is 47.2 Å². The van der Waals surface area contributed by atoms with Crippen molar-refractivity contribution < 1.29 is 36.7 Å². The van der Waals surface area contributed by atoms with Crippen molar-refractivity contribution in [2.24, 2.45) is 5.92 Å². The van der Waals surface area contributed by atoms with Crippen molar-refractivity contribution >= 4 is 50.0 Å². The Morgan fingerprint density at radius 3 is 2.65 bits per heavy atom. The van der Waals surface area contributed by atoms with Gasteiger partial charge in [-0.3, -0.25) is 19.1 Å². The number of methoxy groups -OCH3 is 1. The van der Waals surface area contributed by atoms with Crippen LogP contribution in [0.5, 0.6) is 11.5 Å². The zero-order valence-corrected chi connectivity index (χ0v) is 30.8. The average Bonchev–Trinajstić information content (AvgIpc) is 3.95. The Morgan fingerprint density at radius 2 is 1.94 bits per heavy atom. The summed E-state index contributed by atoms with van der Waals surface area (Å²) in [5, 5.41) is 8.50. The Hall–Kier alpha value is -4.11. The molecule has 51 heavy (non-hydrogen) atoms. The number of fused-ring (bicyclic) bond motifs is 2. The van der Waals surface area contributed by atoms with E-state index in [0.29, 0.717) is 41.1 Å². The molecule has 2 saturated carbocycles. The minimum absolute atomic E-state index is 0.00131. The molecular weight excluding hydrogens is 698 g/mol. The molecule has 2 aromatic heterocycles. The van der Waals surface area contributed by atoms with Crippen LogP contribution in [0.3, 0.4) is 0 Å². The van der Waals surface area contributed by atoms with Crippen LogP contribution in [-0.2, 0) is 24.4 Å². The Balaban J connectivity index is 1.25. The van der Waals surface area contributed by atoms with Crippen LogP contribution in [0.15, 0.2) is 35.7 Å². The number of carbonyl (C=O) groups excluding carboxylic acids is 3. The third-order valence-electron chi connectivity index (χ3n) is 9.95. The number of allylic oxidation sites excluding steroid dienone is 1. The summed E-state index contributed by atoms with van der Waals surface area (Å²) in [5.74, 6) is -2.31. The summed E-state index contributed by atoms with van der Waals surface area (Å²) in [4.78, 5) is 49.7. The number of nitrogens with one attached hydrogen (secondary N) is 3. The molecule has 3 aromatic rings. The monoisotopic (exact) mass is 741 g/mol. The van der Waals surface area contributed by atoms with Gasteiger partial charge in [0.2, 0.25) is 21.8 Å². The number of aromatic nitrogens is 2. The van der Waals surface area contributed by atoms with Crippen LogP contribution < -0.4 is 24.8 Å². The van der Waals surface area contributed by atoms with Gasteiger partial charge in [0.05, 0.1) is 24.2 Å². The highest BCUT2D eigenvalue weighted by Gasteiger charge is 2.62. The summed E-state index contributed by atoms with van der Waals surface area (Å²) in [6.45, 7) is 5.56. The van der Waals surface area contributed by atoms with Gasteiger partial charge >= 0.3 is 0 Å². The molecule has 0 radical (unpaired) electrons. The molecule has 0 saturated heterocycles. The van der Waals surface area contributed by atoms with Crippen LogP contribution in [0.25, 0.3) is 21.6 Å². The third kappa shape index (κ3) is 7.74. The zero-order valence-electron chi connectivity index (χ0n) is 29.2. The quantitative estimate of drug-likeness (QED) is 0.235. The molecule has 3 atom stereocenters. The lowest BCUT2D eigenvalue weighted by Gasteiger charge is -2.24. The van der Waals surface area contributed by atoms with Gasteiger partial charge in [-0.15, -0.1) is 11.3 Å². The smallest absolute Gasteiger partial charge is 0.259 e. The van der Waals surface area contributed by atoms with Crippen molar-refractivity contribution in [1.82, 2.24) is 25.3 Å². The average molecular weight is 742 g/mol. The number of thiazole rings is 1. The fourth-order valence-corrected chi connectivity index (χ4v) is 8.39. The number of nitrogens with zero attached hydrogens (tertiary/aromatic N) is 2. The van der Waals surface area contributed by atoms with Gasteiger partial charge in [0.25, 0.3) is 5.91 Å². The van der Waals surface area contributed by atoms with Gasteiger partial charge in [-0.25, -0.2) is 22.8 Å². The first-order chi connectivity index (χ1) is 24.3. The van der Waals surface area contributed by atoms with Gasteiger partial charge in [0, 0.05) is 35.6 Å². The molecule has 1 aliphatic heterocycles. The summed E-state index contributed by atoms with van der Waals surface area (Å²) in [7, 11) is -2.58. The second kappa shape index (κ2) is 14.5. The highest BCUT2D eigenvalue weighted by molar-refractivity contribution is 7.91. The van der Waals surface area contributed by atoms with E-state index in [0.717, 1.165) is 25.0 Å². The number of carbonyl (C=O) groups is 3. The molecule has 3 amide bonds. The first-order valence-electron chi connectivity index (χ1n) is 17.4. The number of pyridine rings is 1. The molecule has 3 heterocycles. The molecule has 3 aliphatic rings. The second-order valence-corrected chi connectivity index (χ2v) is 17.2. The van der Waals surface area contributed by atoms with E-state index in [1.54, 1.807) is 19.1 Å². The number of hydrogen-bond acceptors (Lipinski definition) is 10. The molecule has 0 bridgehead atoms. The normalized spacial score (nSPS) is 24.1. The van der Waals surface area contributed by atoms with Crippen LogP contribution in [0, 0.1) is 11.7 Å². The number of rotatable bonds is 10. The minimum atomic E-state index is -3.95. The number of benzene rings is 1. The third-order valence-corrected chi connectivity index (χ3v) is 13.0. The van der Waals surface area contributed by atoms with E-state index in [1.807, 2.05) is 31.4 Å². The molecule has 2 aliphatic carbocycles. The maximum Gasteiger partial charge on any atom is 0.259 e. The maximum atomic E-state index is 15.5. The largest absolute Gasteiger partial charge is 0.494 e. The van der Waals surface area contributed by atoms with Gasteiger partial charge in [0.1, 0.15) is 33.5 Å². The first-order valence-corrected chi connectivity index (χ1v) is 19.7. The standard InChI is InChI=1S/C36H44FN5O7S2/c1-21(2)26-20-50-33(40-26)25-18-28(23-12-13-27(48-4)30(37)31(23)39-25)49-17-14-24-32(44)41-36(34(45)42-51(46,47)35(3)15-16-35)19-22(36)10-8-6-5-7-9-11-29(43)38-24/h8,10,12-13,18,20-22,24H,5-7,9,11,14-17,19H2,1-4H3,(H,38,43)(H,41,44)(H,42,45)/b10-8-/t22-,24+,36-/m1/s1. The lowest BCUT2D eigenvalue weighted by atomic mass is 10.1. The van der Waals surface area contributed by atoms with Gasteiger partial charge in [-0.1, -0.05) is 32.4 Å². The number of sulfonamides is 1. The summed E-state index contributed by atoms with van der Waals surface area (Å²) in [5.41, 5.74) is -0.167. The van der Waals surface area contributed by atoms with Crippen LogP contribution in [0.1, 0.15) is 90.2 Å². The van der Waals surface area contributed by atoms with Crippen LogP contribution >= 0.6 is 11.3 Å². The SMILES string of the molecule is COc1ccc2c(OCC[C@@H]3NC(=O)CCCCC/C=C\[C@@H]4C[C@@]4(C(=O)NS(=O)(=O)C4(C)CC4)NC3=O)cc(-c3nc(C(C)C)cs3)nc2c1F. The van der Waals surface area contributed by atoms with Gasteiger partial charge in [0.15, 0.2) is 11.6 Å². The minimum Gasteiger partial charge on any atom is -0.494 e. The highest BCUT2D eigenvalue weighted by Crippen LogP contribution is 2.47. The van der Waals surface area contributed by atoms with Crippen molar-refractivity contribution in [2.45, 2.75) is 101 Å². The van der Waals surface area contributed by atoms with E-state index >= 15 is 4.39 Å². The van der Waals surface area contributed by atoms with Crippen molar-refractivity contribution in [2.75, 3.05) is 13.7 Å². The molecular formula is C36H44FN5O7S2. The topological polar surface area (TPSA) is 166 Å². The molecule has 12 nitrogen and oxygen atoms in total. The number of hydrogen-bond donors (Lipinski definition) is 3. The van der Waals surface area contributed by atoms with Crippen molar-refractivity contribution in [3.63, 3.8) is 0 Å². The molecule has 15 heteroatoms.